The number of ether oxygens (including phenoxy) is 1. The van der Waals surface area contributed by atoms with Crippen LogP contribution in [-0.4, -0.2) is 50.6 Å². The van der Waals surface area contributed by atoms with E-state index in [1.54, 1.807) is 17.0 Å². The van der Waals surface area contributed by atoms with E-state index in [1.807, 2.05) is 12.1 Å². The molecule has 1 fully saturated rings. The Morgan fingerprint density at radius 1 is 1.45 bits per heavy atom. The zero-order valence-corrected chi connectivity index (χ0v) is 11.3. The van der Waals surface area contributed by atoms with Gasteiger partial charge in [0, 0.05) is 25.7 Å². The fraction of sp³-hybridized carbons (Fsp3) is 0.500. The molecule has 1 aromatic carbocycles. The molecule has 2 rings (SSSR count). The Hall–Kier alpha value is -1.53. The average molecular weight is 284 g/mol. The van der Waals surface area contributed by atoms with Crippen LogP contribution in [0.25, 0.3) is 0 Å². The van der Waals surface area contributed by atoms with Gasteiger partial charge in [-0.1, -0.05) is 12.1 Å². The third kappa shape index (κ3) is 3.74. The summed E-state index contributed by atoms with van der Waals surface area (Å²) >= 11 is 0. The first-order valence-electron chi connectivity index (χ1n) is 6.52. The lowest BCUT2D eigenvalue weighted by molar-refractivity contribution is 0.0600. The quantitative estimate of drug-likeness (QED) is 0.854. The van der Waals surface area contributed by atoms with Crippen molar-refractivity contribution < 1.29 is 18.3 Å². The summed E-state index contributed by atoms with van der Waals surface area (Å²) < 4.78 is 29.5. The topological polar surface area (TPSA) is 41.6 Å². The Balaban J connectivity index is 2.01. The summed E-state index contributed by atoms with van der Waals surface area (Å²) in [6, 6.07) is 7.05. The van der Waals surface area contributed by atoms with Crippen LogP contribution in [0.1, 0.15) is 22.0 Å². The fourth-order valence-corrected chi connectivity index (χ4v) is 2.36. The van der Waals surface area contributed by atoms with Crippen molar-refractivity contribution in [3.63, 3.8) is 0 Å². The van der Waals surface area contributed by atoms with E-state index < -0.39 is 6.43 Å². The zero-order chi connectivity index (χ0) is 14.5. The van der Waals surface area contributed by atoms with Crippen molar-refractivity contribution in [2.45, 2.75) is 12.5 Å². The van der Waals surface area contributed by atoms with E-state index in [-0.39, 0.29) is 18.6 Å². The minimum Gasteiger partial charge on any atom is -0.465 e. The Morgan fingerprint density at radius 2 is 2.15 bits per heavy atom. The molecule has 0 spiro atoms. The highest BCUT2D eigenvalue weighted by atomic mass is 19.3. The Morgan fingerprint density at radius 3 is 2.75 bits per heavy atom. The van der Waals surface area contributed by atoms with E-state index in [0.29, 0.717) is 25.2 Å². The van der Waals surface area contributed by atoms with Gasteiger partial charge in [-0.2, -0.15) is 0 Å². The maximum atomic E-state index is 12.4. The van der Waals surface area contributed by atoms with Crippen molar-refractivity contribution in [2.24, 2.45) is 0 Å². The highest BCUT2D eigenvalue weighted by molar-refractivity contribution is 5.89. The SMILES string of the molecule is COC(=O)c1ccc([C@H]2CN(CC(F)F)CCN2)cc1. The van der Waals surface area contributed by atoms with Gasteiger partial charge in [-0.15, -0.1) is 0 Å². The molecule has 110 valence electrons. The van der Waals surface area contributed by atoms with Crippen LogP contribution in [0.5, 0.6) is 0 Å². The van der Waals surface area contributed by atoms with Crippen LogP contribution in [0.2, 0.25) is 0 Å². The molecule has 0 radical (unpaired) electrons. The number of methoxy groups -OCH3 is 1. The second-order valence-electron chi connectivity index (χ2n) is 4.77. The van der Waals surface area contributed by atoms with Crippen molar-refractivity contribution >= 4 is 5.97 Å². The maximum absolute atomic E-state index is 12.4. The highest BCUT2D eigenvalue weighted by Crippen LogP contribution is 2.18. The summed E-state index contributed by atoms with van der Waals surface area (Å²) in [6.45, 7) is 1.65. The van der Waals surface area contributed by atoms with Crippen LogP contribution in [0, 0.1) is 0 Å². The Kier molecular flexibility index (Phi) is 5.03. The van der Waals surface area contributed by atoms with Crippen molar-refractivity contribution in [1.29, 1.82) is 0 Å². The van der Waals surface area contributed by atoms with Gasteiger partial charge in [-0.25, -0.2) is 13.6 Å². The second kappa shape index (κ2) is 6.76. The van der Waals surface area contributed by atoms with Gasteiger partial charge < -0.3 is 10.1 Å². The van der Waals surface area contributed by atoms with Gasteiger partial charge in [0.15, 0.2) is 0 Å². The molecule has 1 aromatic rings. The molecule has 20 heavy (non-hydrogen) atoms. The minimum absolute atomic E-state index is 0.00852. The lowest BCUT2D eigenvalue weighted by Gasteiger charge is -2.33. The third-order valence-corrected chi connectivity index (χ3v) is 3.39. The molecule has 1 atom stereocenters. The summed E-state index contributed by atoms with van der Waals surface area (Å²) in [7, 11) is 1.33. The molecule has 0 aromatic heterocycles. The van der Waals surface area contributed by atoms with Gasteiger partial charge in [0.05, 0.1) is 19.2 Å². The second-order valence-corrected chi connectivity index (χ2v) is 4.77. The Bertz CT molecular complexity index is 451. The maximum Gasteiger partial charge on any atom is 0.337 e. The standard InChI is InChI=1S/C14H18F2N2O2/c1-20-14(19)11-4-2-10(3-5-11)12-8-18(7-6-17-12)9-13(15)16/h2-5,12-13,17H,6-9H2,1H3/t12-/m1/s1. The monoisotopic (exact) mass is 284 g/mol. The normalized spacial score (nSPS) is 20.1. The molecule has 1 saturated heterocycles. The average Bonchev–Trinajstić information content (AvgIpc) is 2.46. The van der Waals surface area contributed by atoms with Crippen molar-refractivity contribution in [3.05, 3.63) is 35.4 Å². The highest BCUT2D eigenvalue weighted by Gasteiger charge is 2.22. The smallest absolute Gasteiger partial charge is 0.337 e. The molecule has 1 heterocycles. The van der Waals surface area contributed by atoms with Gasteiger partial charge in [0.1, 0.15) is 0 Å². The van der Waals surface area contributed by atoms with E-state index in [1.165, 1.54) is 7.11 Å². The predicted octanol–water partition coefficient (Wildman–Crippen LogP) is 1.68. The molecular formula is C14H18F2N2O2. The number of rotatable bonds is 4. The van der Waals surface area contributed by atoms with E-state index in [9.17, 15) is 13.6 Å². The molecule has 6 heteroatoms. The summed E-state index contributed by atoms with van der Waals surface area (Å²) in [5.74, 6) is -0.382. The molecule has 0 unspecified atom stereocenters. The molecular weight excluding hydrogens is 266 g/mol. The van der Waals surface area contributed by atoms with Crippen LogP contribution in [0.15, 0.2) is 24.3 Å². The number of carbonyl (C=O) groups is 1. The molecule has 1 N–H and O–H groups in total. The van der Waals surface area contributed by atoms with Crippen molar-refractivity contribution in [1.82, 2.24) is 10.2 Å². The van der Waals surface area contributed by atoms with Gasteiger partial charge in [-0.05, 0) is 17.7 Å². The van der Waals surface area contributed by atoms with Crippen LogP contribution in [0.4, 0.5) is 8.78 Å². The minimum atomic E-state index is -2.31. The number of nitrogens with one attached hydrogen (secondary N) is 1. The van der Waals surface area contributed by atoms with E-state index >= 15 is 0 Å². The van der Waals surface area contributed by atoms with Gasteiger partial charge >= 0.3 is 5.97 Å². The van der Waals surface area contributed by atoms with Gasteiger partial charge in [0.25, 0.3) is 6.43 Å². The number of benzene rings is 1. The third-order valence-electron chi connectivity index (χ3n) is 3.39. The van der Waals surface area contributed by atoms with Crippen molar-refractivity contribution in [2.75, 3.05) is 33.3 Å². The first-order chi connectivity index (χ1) is 9.60. The zero-order valence-electron chi connectivity index (χ0n) is 11.3. The Labute approximate surface area is 116 Å². The van der Waals surface area contributed by atoms with Gasteiger partial charge in [0.2, 0.25) is 0 Å². The van der Waals surface area contributed by atoms with Crippen LogP contribution in [0.3, 0.4) is 0 Å². The fourth-order valence-electron chi connectivity index (χ4n) is 2.36. The van der Waals surface area contributed by atoms with E-state index in [2.05, 4.69) is 10.1 Å². The lowest BCUT2D eigenvalue weighted by atomic mass is 10.0. The predicted molar refractivity (Wildman–Crippen MR) is 71.0 cm³/mol. The number of nitrogens with zero attached hydrogens (tertiary/aromatic N) is 1. The number of halogens is 2. The summed E-state index contributed by atoms with van der Waals surface area (Å²) in [5.41, 5.74) is 1.47. The lowest BCUT2D eigenvalue weighted by Crippen LogP contribution is -2.47. The number of piperazine rings is 1. The number of hydrogen-bond acceptors (Lipinski definition) is 4. The van der Waals surface area contributed by atoms with Crippen LogP contribution < -0.4 is 5.32 Å². The van der Waals surface area contributed by atoms with E-state index in [0.717, 1.165) is 5.56 Å². The first-order valence-corrected chi connectivity index (χ1v) is 6.52. The number of hydrogen-bond donors (Lipinski definition) is 1. The summed E-state index contributed by atoms with van der Waals surface area (Å²) in [4.78, 5) is 13.1. The molecule has 0 aliphatic carbocycles. The summed E-state index contributed by atoms with van der Waals surface area (Å²) in [6.07, 6.45) is -2.31. The number of esters is 1. The molecule has 4 nitrogen and oxygen atoms in total. The summed E-state index contributed by atoms with van der Waals surface area (Å²) in [5, 5.41) is 3.30. The van der Waals surface area contributed by atoms with Crippen LogP contribution in [-0.2, 0) is 4.74 Å². The largest absolute Gasteiger partial charge is 0.465 e. The molecule has 0 bridgehead atoms. The first kappa shape index (κ1) is 14.9. The van der Waals surface area contributed by atoms with Crippen LogP contribution >= 0.6 is 0 Å². The number of carbonyl (C=O) groups excluding carboxylic acids is 1. The molecule has 1 aliphatic rings. The van der Waals surface area contributed by atoms with Gasteiger partial charge in [-0.3, -0.25) is 4.90 Å². The van der Waals surface area contributed by atoms with E-state index in [4.69, 9.17) is 0 Å². The molecule has 0 amide bonds. The molecule has 1 aliphatic heterocycles. The number of alkyl halides is 2. The van der Waals surface area contributed by atoms with Crippen molar-refractivity contribution in [3.8, 4) is 0 Å². The molecule has 0 saturated carbocycles.